The molecule has 1 saturated heterocycles. The molecule has 3 amide bonds. The van der Waals surface area contributed by atoms with E-state index in [-0.39, 0.29) is 12.5 Å². The molecule has 0 bridgehead atoms. The number of carbonyl (C=O) groups excluding carboxylic acids is 3. The molecule has 1 heterocycles. The summed E-state index contributed by atoms with van der Waals surface area (Å²) in [4.78, 5) is 35.2. The van der Waals surface area contributed by atoms with Gasteiger partial charge in [0.2, 0.25) is 0 Å². The van der Waals surface area contributed by atoms with Crippen LogP contribution in [0, 0.1) is 0 Å². The molecule has 0 saturated carbocycles. The highest BCUT2D eigenvalue weighted by molar-refractivity contribution is 8.18. The number of thioether (sulfide) groups is 1. The molecule has 0 aliphatic carbocycles. The van der Waals surface area contributed by atoms with Crippen molar-refractivity contribution >= 4 is 52.2 Å². The van der Waals surface area contributed by atoms with Crippen LogP contribution in [0.3, 0.4) is 0 Å². The van der Waals surface area contributed by atoms with Crippen molar-refractivity contribution in [2.75, 3.05) is 19.0 Å². The third kappa shape index (κ3) is 5.05. The summed E-state index contributed by atoms with van der Waals surface area (Å²) in [6.45, 7) is -0.226. The number of amides is 3. The number of carbonyl (C=O) groups is 3. The molecule has 1 aliphatic rings. The van der Waals surface area contributed by atoms with E-state index in [1.54, 1.807) is 48.5 Å². The van der Waals surface area contributed by atoms with Gasteiger partial charge in [-0.1, -0.05) is 23.7 Å². The Labute approximate surface area is 170 Å². The van der Waals surface area contributed by atoms with Crippen molar-refractivity contribution < 1.29 is 23.9 Å². The minimum atomic E-state index is -0.438. The maximum atomic E-state index is 12.1. The van der Waals surface area contributed by atoms with Crippen molar-refractivity contribution in [3.63, 3.8) is 0 Å². The van der Waals surface area contributed by atoms with Crippen molar-refractivity contribution in [3.05, 3.63) is 58.0 Å². The van der Waals surface area contributed by atoms with Crippen LogP contribution in [0.5, 0.6) is 11.5 Å². The summed E-state index contributed by atoms with van der Waals surface area (Å²) in [5.74, 6) is -0.0369. The van der Waals surface area contributed by atoms with Gasteiger partial charge >= 0.3 is 0 Å². The average molecular weight is 419 g/mol. The largest absolute Gasteiger partial charge is 0.493 e. The number of imide groups is 1. The molecule has 0 spiro atoms. The van der Waals surface area contributed by atoms with Crippen molar-refractivity contribution in [1.82, 2.24) is 5.32 Å². The Hall–Kier alpha value is -2.97. The fourth-order valence-corrected chi connectivity index (χ4v) is 3.24. The van der Waals surface area contributed by atoms with E-state index in [1.165, 1.54) is 7.11 Å². The van der Waals surface area contributed by atoms with Gasteiger partial charge in [-0.2, -0.15) is 0 Å². The van der Waals surface area contributed by atoms with Gasteiger partial charge in [0, 0.05) is 10.7 Å². The van der Waals surface area contributed by atoms with E-state index in [4.69, 9.17) is 21.1 Å². The molecule has 0 aromatic heterocycles. The van der Waals surface area contributed by atoms with Gasteiger partial charge in [0.25, 0.3) is 17.1 Å². The first kappa shape index (κ1) is 19.8. The van der Waals surface area contributed by atoms with Crippen LogP contribution in [0.2, 0.25) is 5.02 Å². The second-order valence-electron chi connectivity index (χ2n) is 5.61. The summed E-state index contributed by atoms with van der Waals surface area (Å²) in [7, 11) is 1.46. The van der Waals surface area contributed by atoms with Gasteiger partial charge in [-0.3, -0.25) is 19.7 Å². The van der Waals surface area contributed by atoms with Gasteiger partial charge in [-0.25, -0.2) is 0 Å². The highest BCUT2D eigenvalue weighted by Crippen LogP contribution is 2.31. The number of nitrogens with one attached hydrogen (secondary N) is 2. The molecule has 0 radical (unpaired) electrons. The summed E-state index contributed by atoms with van der Waals surface area (Å²) in [5, 5.41) is 4.98. The number of hydrogen-bond acceptors (Lipinski definition) is 6. The van der Waals surface area contributed by atoms with Crippen LogP contribution in [-0.4, -0.2) is 30.8 Å². The van der Waals surface area contributed by atoms with Crippen molar-refractivity contribution in [3.8, 4) is 11.5 Å². The first-order chi connectivity index (χ1) is 13.4. The summed E-state index contributed by atoms with van der Waals surface area (Å²) in [5.41, 5.74) is 1.22. The number of methoxy groups -OCH3 is 1. The lowest BCUT2D eigenvalue weighted by Gasteiger charge is -2.12. The Balaban J connectivity index is 1.65. The molecular weight excluding hydrogens is 404 g/mol. The zero-order valence-electron chi connectivity index (χ0n) is 14.7. The quantitative estimate of drug-likeness (QED) is 0.695. The minimum absolute atomic E-state index is 0.226. The van der Waals surface area contributed by atoms with Gasteiger partial charge in [-0.15, -0.1) is 0 Å². The Morgan fingerprint density at radius 3 is 2.71 bits per heavy atom. The molecule has 0 unspecified atom stereocenters. The second kappa shape index (κ2) is 8.81. The van der Waals surface area contributed by atoms with Crippen molar-refractivity contribution in [2.24, 2.45) is 0 Å². The number of halogens is 1. The standard InChI is InChI=1S/C19H15ClN2O5S/c1-26-15-7-11(8-16-18(24)22-19(25)28-16)5-6-14(15)27-10-17(23)21-13-4-2-3-12(20)9-13/h2-9H,10H2,1H3,(H,21,23)(H,22,24,25)/b16-8-. The van der Waals surface area contributed by atoms with Crippen molar-refractivity contribution in [1.29, 1.82) is 0 Å². The van der Waals surface area contributed by atoms with E-state index < -0.39 is 11.1 Å². The van der Waals surface area contributed by atoms with Gasteiger partial charge < -0.3 is 14.8 Å². The molecule has 9 heteroatoms. The lowest BCUT2D eigenvalue weighted by atomic mass is 10.2. The van der Waals surface area contributed by atoms with E-state index in [0.717, 1.165) is 11.8 Å². The Morgan fingerprint density at radius 1 is 1.21 bits per heavy atom. The molecule has 2 aromatic rings. The second-order valence-corrected chi connectivity index (χ2v) is 7.06. The predicted molar refractivity (Wildman–Crippen MR) is 108 cm³/mol. The number of rotatable bonds is 6. The van der Waals surface area contributed by atoms with E-state index in [0.29, 0.717) is 32.7 Å². The molecule has 1 fully saturated rings. The van der Waals surface area contributed by atoms with E-state index >= 15 is 0 Å². The van der Waals surface area contributed by atoms with Gasteiger partial charge in [0.15, 0.2) is 18.1 Å². The molecule has 2 aromatic carbocycles. The fourth-order valence-electron chi connectivity index (χ4n) is 2.37. The lowest BCUT2D eigenvalue weighted by Crippen LogP contribution is -2.20. The topological polar surface area (TPSA) is 93.7 Å². The Bertz CT molecular complexity index is 977. The van der Waals surface area contributed by atoms with Gasteiger partial charge in [0.1, 0.15) is 0 Å². The van der Waals surface area contributed by atoms with E-state index in [1.807, 2.05) is 0 Å². The third-order valence-corrected chi connectivity index (χ3v) is 4.64. The van der Waals surface area contributed by atoms with Gasteiger partial charge in [-0.05, 0) is 53.7 Å². The summed E-state index contributed by atoms with van der Waals surface area (Å²) in [6, 6.07) is 11.7. The third-order valence-electron chi connectivity index (χ3n) is 3.59. The SMILES string of the molecule is COc1cc(/C=C2\SC(=O)NC2=O)ccc1OCC(=O)Nc1cccc(Cl)c1. The van der Waals surface area contributed by atoms with E-state index in [9.17, 15) is 14.4 Å². The number of hydrogen-bond donors (Lipinski definition) is 2. The molecule has 28 heavy (non-hydrogen) atoms. The van der Waals surface area contributed by atoms with Crippen LogP contribution in [0.15, 0.2) is 47.4 Å². The maximum Gasteiger partial charge on any atom is 0.290 e. The first-order valence-corrected chi connectivity index (χ1v) is 9.25. The van der Waals surface area contributed by atoms with Crippen LogP contribution in [-0.2, 0) is 9.59 Å². The molecule has 7 nitrogen and oxygen atoms in total. The highest BCUT2D eigenvalue weighted by Gasteiger charge is 2.25. The smallest absolute Gasteiger partial charge is 0.290 e. The zero-order valence-corrected chi connectivity index (χ0v) is 16.2. The van der Waals surface area contributed by atoms with Crippen LogP contribution < -0.4 is 20.1 Å². The lowest BCUT2D eigenvalue weighted by molar-refractivity contribution is -0.118. The Kier molecular flexibility index (Phi) is 6.23. The summed E-state index contributed by atoms with van der Waals surface area (Å²) < 4.78 is 10.8. The molecule has 2 N–H and O–H groups in total. The average Bonchev–Trinajstić information content (AvgIpc) is 2.97. The molecule has 1 aliphatic heterocycles. The Morgan fingerprint density at radius 2 is 2.04 bits per heavy atom. The molecule has 144 valence electrons. The van der Waals surface area contributed by atoms with Crippen LogP contribution in [0.4, 0.5) is 10.5 Å². The fraction of sp³-hybridized carbons (Fsp3) is 0.105. The minimum Gasteiger partial charge on any atom is -0.493 e. The zero-order chi connectivity index (χ0) is 20.1. The molecule has 3 rings (SSSR count). The highest BCUT2D eigenvalue weighted by atomic mass is 35.5. The van der Waals surface area contributed by atoms with Crippen LogP contribution in [0.1, 0.15) is 5.56 Å². The maximum absolute atomic E-state index is 12.1. The van der Waals surface area contributed by atoms with Crippen molar-refractivity contribution in [2.45, 2.75) is 0 Å². The number of benzene rings is 2. The molecular formula is C19H15ClN2O5S. The first-order valence-electron chi connectivity index (χ1n) is 8.06. The summed E-state index contributed by atoms with van der Waals surface area (Å²) in [6.07, 6.45) is 1.57. The molecule has 0 atom stereocenters. The predicted octanol–water partition coefficient (Wildman–Crippen LogP) is 3.69. The number of anilines is 1. The monoisotopic (exact) mass is 418 g/mol. The van der Waals surface area contributed by atoms with Crippen LogP contribution in [0.25, 0.3) is 6.08 Å². The summed E-state index contributed by atoms with van der Waals surface area (Å²) >= 11 is 6.71. The van der Waals surface area contributed by atoms with E-state index in [2.05, 4.69) is 10.6 Å². The van der Waals surface area contributed by atoms with Crippen LogP contribution >= 0.6 is 23.4 Å². The van der Waals surface area contributed by atoms with Gasteiger partial charge in [0.05, 0.1) is 12.0 Å². The number of ether oxygens (including phenoxy) is 2. The normalized spacial score (nSPS) is 14.7.